The molecule has 16 heavy (non-hydrogen) atoms. The molecule has 82 valence electrons. The third-order valence-corrected chi connectivity index (χ3v) is 2.68. The average Bonchev–Trinajstić information content (AvgIpc) is 2.30. The van der Waals surface area contributed by atoms with Gasteiger partial charge in [0.1, 0.15) is 10.3 Å². The molecule has 3 nitrogen and oxygen atoms in total. The highest BCUT2D eigenvalue weighted by atomic mass is 32.1. The van der Waals surface area contributed by atoms with Crippen molar-refractivity contribution < 1.29 is 0 Å². The third-order valence-electron chi connectivity index (χ3n) is 2.36. The second-order valence-electron chi connectivity index (χ2n) is 3.71. The van der Waals surface area contributed by atoms with Crippen LogP contribution >= 0.6 is 12.2 Å². The van der Waals surface area contributed by atoms with Gasteiger partial charge in [-0.1, -0.05) is 24.4 Å². The molecule has 2 rings (SSSR count). The Morgan fingerprint density at radius 3 is 2.44 bits per heavy atom. The van der Waals surface area contributed by atoms with Gasteiger partial charge in [0.2, 0.25) is 0 Å². The lowest BCUT2D eigenvalue weighted by Gasteiger charge is -2.12. The number of H-pyrrole nitrogens is 1. The summed E-state index contributed by atoms with van der Waals surface area (Å²) in [7, 11) is 4.03. The molecule has 0 fully saturated rings. The van der Waals surface area contributed by atoms with E-state index in [9.17, 15) is 0 Å². The molecule has 0 spiro atoms. The van der Waals surface area contributed by atoms with Crippen LogP contribution in [-0.2, 0) is 0 Å². The molecule has 0 saturated heterocycles. The van der Waals surface area contributed by atoms with Gasteiger partial charge in [0.05, 0.1) is 0 Å². The van der Waals surface area contributed by atoms with E-state index >= 15 is 0 Å². The zero-order valence-corrected chi connectivity index (χ0v) is 10.1. The first-order chi connectivity index (χ1) is 7.68. The molecule has 1 N–H and O–H groups in total. The van der Waals surface area contributed by atoms with Gasteiger partial charge in [0.25, 0.3) is 0 Å². The normalized spacial score (nSPS) is 10.1. The lowest BCUT2D eigenvalue weighted by atomic mass is 10.1. The summed E-state index contributed by atoms with van der Waals surface area (Å²) in [6, 6.07) is 8.17. The maximum atomic E-state index is 5.19. The molecule has 1 aromatic heterocycles. The Morgan fingerprint density at radius 1 is 1.19 bits per heavy atom. The van der Waals surface area contributed by atoms with E-state index in [1.165, 1.54) is 0 Å². The van der Waals surface area contributed by atoms with E-state index in [2.05, 4.69) is 27.0 Å². The fourth-order valence-electron chi connectivity index (χ4n) is 1.47. The standard InChI is InChI=1S/C12H13N3S/c1-15(2)10-5-3-9(4-6-10)11-12(16)14-8-7-13-11/h3-8H,1-2H3,(H,14,16). The Labute approximate surface area is 99.8 Å². The van der Waals surface area contributed by atoms with Gasteiger partial charge in [-0.2, -0.15) is 0 Å². The van der Waals surface area contributed by atoms with E-state index in [1.807, 2.05) is 26.2 Å². The first-order valence-electron chi connectivity index (χ1n) is 5.00. The molecule has 0 atom stereocenters. The maximum Gasteiger partial charge on any atom is 0.129 e. The highest BCUT2D eigenvalue weighted by molar-refractivity contribution is 7.71. The van der Waals surface area contributed by atoms with E-state index in [1.54, 1.807) is 12.4 Å². The zero-order valence-electron chi connectivity index (χ0n) is 9.27. The molecule has 0 bridgehead atoms. The van der Waals surface area contributed by atoms with Gasteiger partial charge < -0.3 is 9.88 Å². The number of benzene rings is 1. The lowest BCUT2D eigenvalue weighted by molar-refractivity contribution is 1.13. The molecule has 0 amide bonds. The molecule has 0 radical (unpaired) electrons. The van der Waals surface area contributed by atoms with Crippen molar-refractivity contribution in [3.63, 3.8) is 0 Å². The van der Waals surface area contributed by atoms with E-state index in [-0.39, 0.29) is 0 Å². The van der Waals surface area contributed by atoms with Crippen molar-refractivity contribution in [3.05, 3.63) is 41.3 Å². The zero-order chi connectivity index (χ0) is 11.5. The summed E-state index contributed by atoms with van der Waals surface area (Å²) in [6.45, 7) is 0. The van der Waals surface area contributed by atoms with Crippen LogP contribution in [0.1, 0.15) is 0 Å². The fraction of sp³-hybridized carbons (Fsp3) is 0.167. The number of anilines is 1. The Balaban J connectivity index is 2.43. The predicted octanol–water partition coefficient (Wildman–Crippen LogP) is 2.87. The van der Waals surface area contributed by atoms with Crippen LogP contribution in [0.25, 0.3) is 11.3 Å². The summed E-state index contributed by atoms with van der Waals surface area (Å²) in [5.74, 6) is 0. The summed E-state index contributed by atoms with van der Waals surface area (Å²) < 4.78 is 0.667. The van der Waals surface area contributed by atoms with Gasteiger partial charge in [-0.3, -0.25) is 4.98 Å². The van der Waals surface area contributed by atoms with Crippen molar-refractivity contribution in [2.45, 2.75) is 0 Å². The van der Waals surface area contributed by atoms with Crippen molar-refractivity contribution in [1.29, 1.82) is 0 Å². The van der Waals surface area contributed by atoms with Gasteiger partial charge in [0, 0.05) is 37.7 Å². The van der Waals surface area contributed by atoms with Crippen LogP contribution in [0.2, 0.25) is 0 Å². The minimum Gasteiger partial charge on any atom is -0.378 e. The number of nitrogens with zero attached hydrogens (tertiary/aromatic N) is 2. The summed E-state index contributed by atoms with van der Waals surface area (Å²) in [5, 5.41) is 0. The molecule has 0 aliphatic heterocycles. The topological polar surface area (TPSA) is 31.9 Å². The van der Waals surface area contributed by atoms with E-state index < -0.39 is 0 Å². The fourth-order valence-corrected chi connectivity index (χ4v) is 1.71. The maximum absolute atomic E-state index is 5.19. The summed E-state index contributed by atoms with van der Waals surface area (Å²) in [4.78, 5) is 9.31. The first-order valence-corrected chi connectivity index (χ1v) is 5.41. The number of aromatic nitrogens is 2. The van der Waals surface area contributed by atoms with Crippen LogP contribution in [0.4, 0.5) is 5.69 Å². The van der Waals surface area contributed by atoms with E-state index in [4.69, 9.17) is 12.2 Å². The van der Waals surface area contributed by atoms with Gasteiger partial charge >= 0.3 is 0 Å². The summed E-state index contributed by atoms with van der Waals surface area (Å²) in [6.07, 6.45) is 3.45. The Hall–Kier alpha value is -1.68. The van der Waals surface area contributed by atoms with Crippen LogP contribution < -0.4 is 4.90 Å². The average molecular weight is 231 g/mol. The predicted molar refractivity (Wildman–Crippen MR) is 69.2 cm³/mol. The number of rotatable bonds is 2. The molecule has 0 aliphatic carbocycles. The molecule has 0 saturated carbocycles. The molecule has 4 heteroatoms. The number of hydrogen-bond acceptors (Lipinski definition) is 3. The van der Waals surface area contributed by atoms with Crippen LogP contribution in [0, 0.1) is 4.64 Å². The summed E-state index contributed by atoms with van der Waals surface area (Å²) >= 11 is 5.19. The smallest absolute Gasteiger partial charge is 0.129 e. The van der Waals surface area contributed by atoms with Gasteiger partial charge in [0.15, 0.2) is 0 Å². The van der Waals surface area contributed by atoms with Crippen molar-refractivity contribution in [2.75, 3.05) is 19.0 Å². The minimum absolute atomic E-state index is 0.667. The summed E-state index contributed by atoms with van der Waals surface area (Å²) in [5.41, 5.74) is 3.02. The molecule has 2 aromatic rings. The molecule has 1 aromatic carbocycles. The van der Waals surface area contributed by atoms with Crippen molar-refractivity contribution in [1.82, 2.24) is 9.97 Å². The second kappa shape index (κ2) is 4.45. The first kappa shape index (κ1) is 10.8. The van der Waals surface area contributed by atoms with Crippen LogP contribution in [0.5, 0.6) is 0 Å². The Bertz CT molecular complexity index is 528. The second-order valence-corrected chi connectivity index (χ2v) is 4.12. The Morgan fingerprint density at radius 2 is 1.88 bits per heavy atom. The number of aromatic amines is 1. The van der Waals surface area contributed by atoms with Gasteiger partial charge in [-0.15, -0.1) is 0 Å². The van der Waals surface area contributed by atoms with Crippen LogP contribution in [0.3, 0.4) is 0 Å². The van der Waals surface area contributed by atoms with Crippen molar-refractivity contribution in [3.8, 4) is 11.3 Å². The highest BCUT2D eigenvalue weighted by Gasteiger charge is 2.01. The van der Waals surface area contributed by atoms with Crippen molar-refractivity contribution >= 4 is 17.9 Å². The van der Waals surface area contributed by atoms with Gasteiger partial charge in [-0.25, -0.2) is 0 Å². The van der Waals surface area contributed by atoms with Gasteiger partial charge in [-0.05, 0) is 12.1 Å². The lowest BCUT2D eigenvalue weighted by Crippen LogP contribution is -2.07. The monoisotopic (exact) mass is 231 g/mol. The Kier molecular flexibility index (Phi) is 3.01. The number of hydrogen-bond donors (Lipinski definition) is 1. The van der Waals surface area contributed by atoms with Crippen LogP contribution in [-0.4, -0.2) is 24.1 Å². The molecular weight excluding hydrogens is 218 g/mol. The quantitative estimate of drug-likeness (QED) is 0.806. The number of nitrogens with one attached hydrogen (secondary N) is 1. The van der Waals surface area contributed by atoms with Crippen molar-refractivity contribution in [2.24, 2.45) is 0 Å². The SMILES string of the molecule is CN(C)c1ccc(-c2ncc[nH]c2=S)cc1. The molecule has 0 aliphatic rings. The third kappa shape index (κ3) is 2.12. The largest absolute Gasteiger partial charge is 0.378 e. The molecule has 0 unspecified atom stereocenters. The highest BCUT2D eigenvalue weighted by Crippen LogP contribution is 2.20. The van der Waals surface area contributed by atoms with E-state index in [0.29, 0.717) is 4.64 Å². The minimum atomic E-state index is 0.667. The molecular formula is C12H13N3S. The van der Waals surface area contributed by atoms with Crippen LogP contribution in [0.15, 0.2) is 36.7 Å². The van der Waals surface area contributed by atoms with E-state index in [0.717, 1.165) is 16.9 Å². The molecule has 1 heterocycles.